The van der Waals surface area contributed by atoms with Crippen molar-refractivity contribution < 1.29 is 14.3 Å². The summed E-state index contributed by atoms with van der Waals surface area (Å²) in [6, 6.07) is 6.03. The second-order valence-electron chi connectivity index (χ2n) is 4.97. The van der Waals surface area contributed by atoms with Gasteiger partial charge < -0.3 is 9.64 Å². The molecule has 1 aromatic carbocycles. The van der Waals surface area contributed by atoms with Crippen LogP contribution >= 0.6 is 0 Å². The van der Waals surface area contributed by atoms with Gasteiger partial charge in [-0.15, -0.1) is 0 Å². The van der Waals surface area contributed by atoms with Crippen molar-refractivity contribution in [1.29, 1.82) is 0 Å². The van der Waals surface area contributed by atoms with E-state index in [0.29, 0.717) is 19.6 Å². The molecule has 1 aromatic rings. The van der Waals surface area contributed by atoms with E-state index in [1.165, 1.54) is 11.1 Å². The molecule has 0 aliphatic rings. The van der Waals surface area contributed by atoms with Crippen LogP contribution in [0.5, 0.6) is 0 Å². The number of hydrogen-bond donors (Lipinski definition) is 0. The zero-order valence-corrected chi connectivity index (χ0v) is 12.7. The molecule has 0 heterocycles. The third kappa shape index (κ3) is 5.03. The summed E-state index contributed by atoms with van der Waals surface area (Å²) in [5.41, 5.74) is 3.41. The lowest BCUT2D eigenvalue weighted by molar-refractivity contribution is -0.143. The maximum Gasteiger partial charge on any atom is 0.307 e. The molecule has 0 saturated carbocycles. The van der Waals surface area contributed by atoms with E-state index in [9.17, 15) is 9.59 Å². The van der Waals surface area contributed by atoms with Gasteiger partial charge in [-0.05, 0) is 37.5 Å². The Morgan fingerprint density at radius 1 is 1.20 bits per heavy atom. The molecule has 1 rings (SSSR count). The molecule has 0 bridgehead atoms. The predicted molar refractivity (Wildman–Crippen MR) is 78.5 cm³/mol. The summed E-state index contributed by atoms with van der Waals surface area (Å²) >= 11 is 0. The summed E-state index contributed by atoms with van der Waals surface area (Å²) in [7, 11) is 1.71. The monoisotopic (exact) mass is 277 g/mol. The Morgan fingerprint density at radius 2 is 1.90 bits per heavy atom. The van der Waals surface area contributed by atoms with E-state index in [4.69, 9.17) is 4.74 Å². The van der Waals surface area contributed by atoms with Crippen LogP contribution in [0.15, 0.2) is 18.2 Å². The molecule has 0 spiro atoms. The molecule has 4 heteroatoms. The Bertz CT molecular complexity index is 483. The molecule has 0 fully saturated rings. The minimum atomic E-state index is -0.265. The molecule has 0 aliphatic carbocycles. The number of carbonyl (C=O) groups excluding carboxylic acids is 2. The topological polar surface area (TPSA) is 46.6 Å². The lowest BCUT2D eigenvalue weighted by Gasteiger charge is -2.17. The molecule has 0 unspecified atom stereocenters. The predicted octanol–water partition coefficient (Wildman–Crippen LogP) is 2.26. The van der Waals surface area contributed by atoms with Crippen LogP contribution in [0.2, 0.25) is 0 Å². The van der Waals surface area contributed by atoms with Crippen molar-refractivity contribution in [2.24, 2.45) is 0 Å². The second-order valence-corrected chi connectivity index (χ2v) is 4.97. The van der Waals surface area contributed by atoms with E-state index in [0.717, 1.165) is 5.56 Å². The van der Waals surface area contributed by atoms with Crippen molar-refractivity contribution in [2.75, 3.05) is 20.2 Å². The molecule has 4 nitrogen and oxygen atoms in total. The van der Waals surface area contributed by atoms with Crippen molar-refractivity contribution >= 4 is 11.9 Å². The number of aryl methyl sites for hydroxylation is 2. The Balaban J connectivity index is 2.48. The molecule has 0 radical (unpaired) electrons. The van der Waals surface area contributed by atoms with Gasteiger partial charge in [0.05, 0.1) is 19.4 Å². The van der Waals surface area contributed by atoms with Crippen molar-refractivity contribution in [1.82, 2.24) is 4.90 Å². The van der Waals surface area contributed by atoms with Crippen LogP contribution in [0, 0.1) is 13.8 Å². The minimum Gasteiger partial charge on any atom is -0.466 e. The first-order chi connectivity index (χ1) is 9.43. The van der Waals surface area contributed by atoms with Crippen LogP contribution in [0.25, 0.3) is 0 Å². The molecule has 110 valence electrons. The maximum atomic E-state index is 12.1. The number of nitrogens with zero attached hydrogens (tertiary/aromatic N) is 1. The minimum absolute atomic E-state index is 0.0116. The molecule has 0 N–H and O–H groups in total. The number of ether oxygens (including phenoxy) is 1. The van der Waals surface area contributed by atoms with Crippen LogP contribution < -0.4 is 0 Å². The highest BCUT2D eigenvalue weighted by atomic mass is 16.5. The Kier molecular flexibility index (Phi) is 6.22. The smallest absolute Gasteiger partial charge is 0.307 e. The number of hydrogen-bond acceptors (Lipinski definition) is 3. The molecule has 20 heavy (non-hydrogen) atoms. The third-order valence-corrected chi connectivity index (χ3v) is 3.31. The van der Waals surface area contributed by atoms with Gasteiger partial charge in [0.2, 0.25) is 5.91 Å². The van der Waals surface area contributed by atoms with E-state index in [-0.39, 0.29) is 18.3 Å². The maximum absolute atomic E-state index is 12.1. The van der Waals surface area contributed by atoms with E-state index >= 15 is 0 Å². The zero-order valence-electron chi connectivity index (χ0n) is 12.7. The van der Waals surface area contributed by atoms with Gasteiger partial charge in [-0.1, -0.05) is 18.2 Å². The van der Waals surface area contributed by atoms with E-state index < -0.39 is 0 Å². The second kappa shape index (κ2) is 7.68. The van der Waals surface area contributed by atoms with Crippen LogP contribution in [-0.4, -0.2) is 37.0 Å². The van der Waals surface area contributed by atoms with Crippen LogP contribution in [0.1, 0.15) is 30.0 Å². The molecule has 0 aliphatic heterocycles. The van der Waals surface area contributed by atoms with Gasteiger partial charge in [-0.3, -0.25) is 9.59 Å². The number of benzene rings is 1. The van der Waals surface area contributed by atoms with E-state index in [2.05, 4.69) is 0 Å². The third-order valence-electron chi connectivity index (χ3n) is 3.31. The quantitative estimate of drug-likeness (QED) is 0.749. The van der Waals surface area contributed by atoms with Gasteiger partial charge in [0.1, 0.15) is 0 Å². The van der Waals surface area contributed by atoms with Crippen molar-refractivity contribution in [2.45, 2.75) is 33.6 Å². The van der Waals surface area contributed by atoms with E-state index in [1.54, 1.807) is 18.9 Å². The molecular formula is C16H23NO3. The Morgan fingerprint density at radius 3 is 2.50 bits per heavy atom. The summed E-state index contributed by atoms with van der Waals surface area (Å²) < 4.78 is 4.84. The fourth-order valence-corrected chi connectivity index (χ4v) is 1.84. The first kappa shape index (κ1) is 16.2. The molecular weight excluding hydrogens is 254 g/mol. The first-order valence-electron chi connectivity index (χ1n) is 6.89. The lowest BCUT2D eigenvalue weighted by atomic mass is 10.0. The lowest BCUT2D eigenvalue weighted by Crippen LogP contribution is -2.30. The van der Waals surface area contributed by atoms with Crippen LogP contribution in [0.4, 0.5) is 0 Å². The fraction of sp³-hybridized carbons (Fsp3) is 0.500. The highest BCUT2D eigenvalue weighted by molar-refractivity contribution is 5.79. The largest absolute Gasteiger partial charge is 0.466 e. The fourth-order valence-electron chi connectivity index (χ4n) is 1.84. The van der Waals surface area contributed by atoms with Crippen LogP contribution in [-0.2, 0) is 20.7 Å². The van der Waals surface area contributed by atoms with Crippen LogP contribution in [0.3, 0.4) is 0 Å². The summed E-state index contributed by atoms with van der Waals surface area (Å²) in [6.45, 7) is 6.62. The van der Waals surface area contributed by atoms with Gasteiger partial charge in [0, 0.05) is 13.6 Å². The molecule has 0 atom stereocenters. The summed E-state index contributed by atoms with van der Waals surface area (Å²) in [4.78, 5) is 24.9. The number of amides is 1. The van der Waals surface area contributed by atoms with Gasteiger partial charge in [-0.2, -0.15) is 0 Å². The average molecular weight is 277 g/mol. The van der Waals surface area contributed by atoms with Gasteiger partial charge in [0.15, 0.2) is 0 Å². The molecule has 1 amide bonds. The number of rotatable bonds is 6. The standard InChI is InChI=1S/C16H23NO3/c1-5-20-16(19)8-9-17(4)15(18)11-14-7-6-12(2)13(3)10-14/h6-7,10H,5,8-9,11H2,1-4H3. The number of carbonyl (C=O) groups is 2. The average Bonchev–Trinajstić information content (AvgIpc) is 2.40. The van der Waals surface area contributed by atoms with Gasteiger partial charge >= 0.3 is 5.97 Å². The van der Waals surface area contributed by atoms with E-state index in [1.807, 2.05) is 32.0 Å². The van der Waals surface area contributed by atoms with Gasteiger partial charge in [-0.25, -0.2) is 0 Å². The SMILES string of the molecule is CCOC(=O)CCN(C)C(=O)Cc1ccc(C)c(C)c1. The summed E-state index contributed by atoms with van der Waals surface area (Å²) in [5, 5.41) is 0. The van der Waals surface area contributed by atoms with Crippen molar-refractivity contribution in [3.63, 3.8) is 0 Å². The highest BCUT2D eigenvalue weighted by Crippen LogP contribution is 2.11. The zero-order chi connectivity index (χ0) is 15.1. The van der Waals surface area contributed by atoms with Crippen molar-refractivity contribution in [3.8, 4) is 0 Å². The summed E-state index contributed by atoms with van der Waals surface area (Å²) in [6.07, 6.45) is 0.601. The number of esters is 1. The van der Waals surface area contributed by atoms with Gasteiger partial charge in [0.25, 0.3) is 0 Å². The molecule has 0 saturated heterocycles. The highest BCUT2D eigenvalue weighted by Gasteiger charge is 2.12. The number of likely N-dealkylation sites (N-methyl/N-ethyl adjacent to an activating group) is 1. The molecule has 0 aromatic heterocycles. The normalized spacial score (nSPS) is 10.2. The summed E-state index contributed by atoms with van der Waals surface area (Å²) in [5.74, 6) is -0.254. The Hall–Kier alpha value is -1.84. The Labute approximate surface area is 120 Å². The first-order valence-corrected chi connectivity index (χ1v) is 6.89. The van der Waals surface area contributed by atoms with Crippen molar-refractivity contribution in [3.05, 3.63) is 34.9 Å².